The third-order valence-corrected chi connectivity index (χ3v) is 1.75. The maximum atomic E-state index is 11.3. The standard InChI is InChI=1S/C12H19NO2/c1-6-10(5)15-12(14)13-11(7-2)8-9(3)4/h7-8,10H,2-3,6H2,1,4-5H3,(H,13,14)/b11-8+. The van der Waals surface area contributed by atoms with E-state index in [0.717, 1.165) is 12.0 Å². The Hall–Kier alpha value is -1.51. The summed E-state index contributed by atoms with van der Waals surface area (Å²) >= 11 is 0. The quantitative estimate of drug-likeness (QED) is 0.706. The van der Waals surface area contributed by atoms with Crippen LogP contribution in [0.1, 0.15) is 27.2 Å². The van der Waals surface area contributed by atoms with Crippen molar-refractivity contribution >= 4 is 6.09 Å². The van der Waals surface area contributed by atoms with Crippen LogP contribution in [-0.4, -0.2) is 12.2 Å². The summed E-state index contributed by atoms with van der Waals surface area (Å²) in [5.74, 6) is 0. The van der Waals surface area contributed by atoms with Crippen molar-refractivity contribution in [2.24, 2.45) is 0 Å². The summed E-state index contributed by atoms with van der Waals surface area (Å²) in [5.41, 5.74) is 1.43. The van der Waals surface area contributed by atoms with Crippen molar-refractivity contribution in [3.63, 3.8) is 0 Å². The monoisotopic (exact) mass is 209 g/mol. The van der Waals surface area contributed by atoms with E-state index >= 15 is 0 Å². The van der Waals surface area contributed by atoms with Crippen molar-refractivity contribution < 1.29 is 9.53 Å². The molecule has 3 heteroatoms. The molecule has 0 aliphatic carbocycles. The highest BCUT2D eigenvalue weighted by molar-refractivity contribution is 5.70. The van der Waals surface area contributed by atoms with E-state index in [1.165, 1.54) is 0 Å². The Labute approximate surface area is 91.5 Å². The SMILES string of the molecule is C=C/C(=C\C(=C)C)NC(=O)OC(C)CC. The molecule has 0 aliphatic heterocycles. The Morgan fingerprint density at radius 2 is 2.20 bits per heavy atom. The van der Waals surface area contributed by atoms with Crippen LogP contribution < -0.4 is 5.32 Å². The van der Waals surface area contributed by atoms with Crippen molar-refractivity contribution in [1.29, 1.82) is 0 Å². The van der Waals surface area contributed by atoms with E-state index in [-0.39, 0.29) is 6.10 Å². The van der Waals surface area contributed by atoms with Gasteiger partial charge in [-0.3, -0.25) is 5.32 Å². The third-order valence-electron chi connectivity index (χ3n) is 1.75. The first-order valence-electron chi connectivity index (χ1n) is 4.96. The number of carbonyl (C=O) groups excluding carboxylic acids is 1. The first-order valence-corrected chi connectivity index (χ1v) is 4.96. The lowest BCUT2D eigenvalue weighted by molar-refractivity contribution is 0.107. The molecule has 0 aliphatic rings. The molecule has 0 rings (SSSR count). The van der Waals surface area contributed by atoms with Gasteiger partial charge in [-0.1, -0.05) is 25.7 Å². The molecule has 1 amide bonds. The molecule has 1 N–H and O–H groups in total. The molecule has 0 radical (unpaired) electrons. The summed E-state index contributed by atoms with van der Waals surface area (Å²) in [6.07, 6.45) is 3.52. The third kappa shape index (κ3) is 6.55. The minimum atomic E-state index is -0.461. The first-order chi connectivity index (χ1) is 6.99. The summed E-state index contributed by atoms with van der Waals surface area (Å²) in [6.45, 7) is 12.9. The molecule has 1 unspecified atom stereocenters. The van der Waals surface area contributed by atoms with Gasteiger partial charge in [-0.25, -0.2) is 4.79 Å². The predicted octanol–water partition coefficient (Wildman–Crippen LogP) is 3.16. The molecule has 84 valence electrons. The Morgan fingerprint density at radius 3 is 2.60 bits per heavy atom. The zero-order valence-corrected chi connectivity index (χ0v) is 9.67. The number of rotatable bonds is 5. The maximum Gasteiger partial charge on any atom is 0.411 e. The van der Waals surface area contributed by atoms with Crippen LogP contribution in [0, 0.1) is 0 Å². The van der Waals surface area contributed by atoms with Crippen molar-refractivity contribution in [3.8, 4) is 0 Å². The fraction of sp³-hybridized carbons (Fsp3) is 0.417. The number of hydrogen-bond donors (Lipinski definition) is 1. The molecule has 0 heterocycles. The molecule has 0 spiro atoms. The summed E-state index contributed by atoms with van der Waals surface area (Å²) in [5, 5.41) is 2.58. The zero-order valence-electron chi connectivity index (χ0n) is 9.67. The number of nitrogens with one attached hydrogen (secondary N) is 1. The Morgan fingerprint density at radius 1 is 1.60 bits per heavy atom. The lowest BCUT2D eigenvalue weighted by atomic mass is 10.3. The van der Waals surface area contributed by atoms with Crippen LogP contribution in [0.5, 0.6) is 0 Å². The smallest absolute Gasteiger partial charge is 0.411 e. The van der Waals surface area contributed by atoms with Gasteiger partial charge in [0.15, 0.2) is 0 Å². The fourth-order valence-corrected chi connectivity index (χ4v) is 0.825. The topological polar surface area (TPSA) is 38.3 Å². The summed E-state index contributed by atoms with van der Waals surface area (Å²) in [6, 6.07) is 0. The molecule has 0 aromatic rings. The van der Waals surface area contributed by atoms with Gasteiger partial charge >= 0.3 is 6.09 Å². The van der Waals surface area contributed by atoms with E-state index in [2.05, 4.69) is 18.5 Å². The van der Waals surface area contributed by atoms with Gasteiger partial charge in [-0.05, 0) is 32.4 Å². The van der Waals surface area contributed by atoms with E-state index in [4.69, 9.17) is 4.74 Å². The molecule has 3 nitrogen and oxygen atoms in total. The Bertz CT molecular complexity index is 279. The average molecular weight is 209 g/mol. The normalized spacial score (nSPS) is 12.9. The molecule has 1 atom stereocenters. The minimum Gasteiger partial charge on any atom is -0.446 e. The summed E-state index contributed by atoms with van der Waals surface area (Å²) in [4.78, 5) is 11.3. The van der Waals surface area contributed by atoms with Crippen molar-refractivity contribution in [2.45, 2.75) is 33.3 Å². The zero-order chi connectivity index (χ0) is 11.8. The van der Waals surface area contributed by atoms with E-state index in [1.807, 2.05) is 20.8 Å². The van der Waals surface area contributed by atoms with Gasteiger partial charge in [0.1, 0.15) is 6.10 Å². The molecule has 0 bridgehead atoms. The van der Waals surface area contributed by atoms with Gasteiger partial charge in [0.25, 0.3) is 0 Å². The highest BCUT2D eigenvalue weighted by Gasteiger charge is 2.07. The van der Waals surface area contributed by atoms with Gasteiger partial charge in [-0.2, -0.15) is 0 Å². The van der Waals surface area contributed by atoms with Crippen LogP contribution in [-0.2, 0) is 4.74 Å². The molecule has 0 aromatic carbocycles. The van der Waals surface area contributed by atoms with Crippen LogP contribution in [0.3, 0.4) is 0 Å². The second-order valence-electron chi connectivity index (χ2n) is 3.40. The predicted molar refractivity (Wildman–Crippen MR) is 62.5 cm³/mol. The number of hydrogen-bond acceptors (Lipinski definition) is 2. The molecule has 0 fully saturated rings. The van der Waals surface area contributed by atoms with E-state index in [9.17, 15) is 4.79 Å². The minimum absolute atomic E-state index is 0.0825. The molecular weight excluding hydrogens is 190 g/mol. The molecule has 0 saturated carbocycles. The molecule has 0 aromatic heterocycles. The van der Waals surface area contributed by atoms with E-state index in [1.54, 1.807) is 12.2 Å². The molecule has 15 heavy (non-hydrogen) atoms. The van der Waals surface area contributed by atoms with Crippen LogP contribution >= 0.6 is 0 Å². The largest absolute Gasteiger partial charge is 0.446 e. The summed E-state index contributed by atoms with van der Waals surface area (Å²) in [7, 11) is 0. The van der Waals surface area contributed by atoms with Crippen LogP contribution in [0.2, 0.25) is 0 Å². The maximum absolute atomic E-state index is 11.3. The fourth-order valence-electron chi connectivity index (χ4n) is 0.825. The summed E-state index contributed by atoms with van der Waals surface area (Å²) < 4.78 is 5.05. The van der Waals surface area contributed by atoms with Crippen molar-refractivity contribution in [2.75, 3.05) is 0 Å². The number of alkyl carbamates (subject to hydrolysis) is 1. The van der Waals surface area contributed by atoms with Gasteiger partial charge in [0.05, 0.1) is 0 Å². The van der Waals surface area contributed by atoms with E-state index in [0.29, 0.717) is 5.70 Å². The van der Waals surface area contributed by atoms with Crippen LogP contribution in [0.15, 0.2) is 36.6 Å². The second kappa shape index (κ2) is 6.87. The first kappa shape index (κ1) is 13.5. The lowest BCUT2D eigenvalue weighted by Gasteiger charge is -2.12. The Balaban J connectivity index is 4.25. The average Bonchev–Trinajstić information content (AvgIpc) is 2.15. The van der Waals surface area contributed by atoms with E-state index < -0.39 is 6.09 Å². The van der Waals surface area contributed by atoms with Gasteiger partial charge in [0, 0.05) is 5.70 Å². The van der Waals surface area contributed by atoms with Crippen molar-refractivity contribution in [3.05, 3.63) is 36.6 Å². The number of carbonyl (C=O) groups is 1. The van der Waals surface area contributed by atoms with Crippen molar-refractivity contribution in [1.82, 2.24) is 5.32 Å². The highest BCUT2D eigenvalue weighted by Crippen LogP contribution is 2.01. The lowest BCUT2D eigenvalue weighted by Crippen LogP contribution is -2.26. The Kier molecular flexibility index (Phi) is 6.18. The molecular formula is C12H19NO2. The number of ether oxygens (including phenoxy) is 1. The van der Waals surface area contributed by atoms with Gasteiger partial charge < -0.3 is 4.74 Å². The highest BCUT2D eigenvalue weighted by atomic mass is 16.6. The van der Waals surface area contributed by atoms with Gasteiger partial charge in [0.2, 0.25) is 0 Å². The number of allylic oxidation sites excluding steroid dienone is 3. The van der Waals surface area contributed by atoms with Gasteiger partial charge in [-0.15, -0.1) is 0 Å². The second-order valence-corrected chi connectivity index (χ2v) is 3.40. The van der Waals surface area contributed by atoms with Crippen LogP contribution in [0.25, 0.3) is 0 Å². The number of amides is 1. The molecule has 0 saturated heterocycles. The van der Waals surface area contributed by atoms with Crippen LogP contribution in [0.4, 0.5) is 4.79 Å².